The van der Waals surface area contributed by atoms with E-state index in [1.54, 1.807) is 35.6 Å². The Bertz CT molecular complexity index is 1500. The number of aliphatic carboxylic acids is 1. The first-order valence-corrected chi connectivity index (χ1v) is 14.2. The van der Waals surface area contributed by atoms with Crippen molar-refractivity contribution in [3.05, 3.63) is 59.9 Å². The molecule has 1 aromatic heterocycles. The maximum Gasteiger partial charge on any atom is 0.377 e. The Balaban J connectivity index is 1.46. The molecule has 1 aliphatic rings. The highest BCUT2D eigenvalue weighted by molar-refractivity contribution is 7.88. The molecule has 0 amide bonds. The number of rotatable bonds is 11. The molecule has 0 spiro atoms. The summed E-state index contributed by atoms with van der Waals surface area (Å²) in [4.78, 5) is 26.3. The smallest absolute Gasteiger partial charge is 0.377 e. The van der Waals surface area contributed by atoms with E-state index < -0.39 is 45.7 Å². The second-order valence-corrected chi connectivity index (χ2v) is 12.0. The number of ether oxygens (including phenoxy) is 1. The van der Waals surface area contributed by atoms with E-state index in [2.05, 4.69) is 15.6 Å². The average molecular weight is 573 g/mol. The molecule has 12 nitrogen and oxygen atoms in total. The number of piperidine rings is 1. The van der Waals surface area contributed by atoms with Crippen LogP contribution in [0.25, 0.3) is 11.5 Å². The summed E-state index contributed by atoms with van der Waals surface area (Å²) in [5.74, 6) is -3.86. The zero-order valence-corrected chi connectivity index (χ0v) is 23.2. The van der Waals surface area contributed by atoms with Crippen LogP contribution in [0.2, 0.25) is 0 Å². The summed E-state index contributed by atoms with van der Waals surface area (Å²) >= 11 is 0. The molecule has 4 rings (SSSR count). The van der Waals surface area contributed by atoms with Crippen molar-refractivity contribution in [2.24, 2.45) is 0 Å². The van der Waals surface area contributed by atoms with Crippen LogP contribution >= 0.6 is 0 Å². The highest BCUT2D eigenvalue weighted by atomic mass is 32.2. The molecule has 1 unspecified atom stereocenters. The van der Waals surface area contributed by atoms with Gasteiger partial charge in [-0.1, -0.05) is 18.2 Å². The van der Waals surface area contributed by atoms with Crippen molar-refractivity contribution in [1.29, 1.82) is 0 Å². The normalized spacial score (nSPS) is 17.2. The predicted octanol–water partition coefficient (Wildman–Crippen LogP) is 3.73. The summed E-state index contributed by atoms with van der Waals surface area (Å²) in [5.41, 5.74) is 2.10. The maximum absolute atomic E-state index is 13.4. The molecular formula is C27H32N4O8S. The first-order chi connectivity index (χ1) is 18.9. The number of benzene rings is 2. The minimum absolute atomic E-state index is 0.0297. The molecule has 3 aromatic rings. The topological polar surface area (TPSA) is 171 Å². The second kappa shape index (κ2) is 11.6. The Labute approximate surface area is 232 Å². The van der Waals surface area contributed by atoms with Crippen LogP contribution in [0.5, 0.6) is 5.88 Å². The highest BCUT2D eigenvalue weighted by Crippen LogP contribution is 2.34. The monoisotopic (exact) mass is 572 g/mol. The lowest BCUT2D eigenvalue weighted by atomic mass is 9.89. The number of hydrogen-bond acceptors (Lipinski definition) is 9. The van der Waals surface area contributed by atoms with Crippen LogP contribution in [-0.4, -0.2) is 71.6 Å². The minimum Gasteiger partial charge on any atom is -0.479 e. The fourth-order valence-electron chi connectivity index (χ4n) is 4.90. The molecule has 0 radical (unpaired) electrons. The van der Waals surface area contributed by atoms with Crippen LogP contribution in [0.15, 0.2) is 52.9 Å². The van der Waals surface area contributed by atoms with Crippen LogP contribution in [0.3, 0.4) is 0 Å². The highest BCUT2D eigenvalue weighted by Gasteiger charge is 2.41. The molecule has 0 aliphatic carbocycles. The van der Waals surface area contributed by atoms with E-state index in [1.807, 2.05) is 38.1 Å². The number of aromatic nitrogens is 1. The summed E-state index contributed by atoms with van der Waals surface area (Å²) in [6, 6.07) is 14.3. The molecule has 1 saturated heterocycles. The van der Waals surface area contributed by atoms with Crippen molar-refractivity contribution in [3.8, 4) is 17.3 Å². The van der Waals surface area contributed by atoms with Gasteiger partial charge in [0.1, 0.15) is 0 Å². The number of oxazole rings is 1. The maximum atomic E-state index is 13.4. The number of carboxylic acid groups (broad SMARTS) is 2. The molecule has 4 N–H and O–H groups in total. The van der Waals surface area contributed by atoms with Gasteiger partial charge in [0.2, 0.25) is 15.9 Å². The number of nitrogens with zero attached hydrogens (tertiary/aromatic N) is 2. The van der Waals surface area contributed by atoms with E-state index in [0.717, 1.165) is 5.69 Å². The summed E-state index contributed by atoms with van der Waals surface area (Å²) in [7, 11) is -1.78. The predicted molar refractivity (Wildman–Crippen MR) is 148 cm³/mol. The van der Waals surface area contributed by atoms with Gasteiger partial charge in [0.25, 0.3) is 11.6 Å². The summed E-state index contributed by atoms with van der Waals surface area (Å²) in [6.07, 6.45) is 1.14. The van der Waals surface area contributed by atoms with Crippen molar-refractivity contribution in [2.45, 2.75) is 44.0 Å². The standard InChI is InChI=1S/C27H32N4O8S/c1-27(2)14-21(10-11-31(27)40(36,37)16-17-6-4-8-19(12-17)28-3)29-20-9-5-7-18(13-20)24-30-25(38-15-22(32)33)23(39-24)26(34)35/h4-9,12-13,21,28-29H,10-11,14-16H2,1-3H3,(H,32,33)(H,34,35). The number of hydrogen-bond donors (Lipinski definition) is 4. The number of sulfonamides is 1. The third-order valence-corrected chi connectivity index (χ3v) is 8.65. The van der Waals surface area contributed by atoms with Gasteiger partial charge in [-0.25, -0.2) is 18.0 Å². The van der Waals surface area contributed by atoms with Gasteiger partial charge < -0.3 is 30.0 Å². The molecule has 1 aliphatic heterocycles. The van der Waals surface area contributed by atoms with Gasteiger partial charge in [0.05, 0.1) is 5.75 Å². The van der Waals surface area contributed by atoms with Crippen LogP contribution in [0.4, 0.5) is 11.4 Å². The lowest BCUT2D eigenvalue weighted by Crippen LogP contribution is -2.55. The van der Waals surface area contributed by atoms with E-state index in [9.17, 15) is 23.1 Å². The van der Waals surface area contributed by atoms with E-state index >= 15 is 0 Å². The minimum atomic E-state index is -3.57. The van der Waals surface area contributed by atoms with Gasteiger partial charge in [-0.05, 0) is 62.6 Å². The van der Waals surface area contributed by atoms with Crippen LogP contribution < -0.4 is 15.4 Å². The fourth-order valence-corrected chi connectivity index (χ4v) is 6.86. The number of carboxylic acids is 2. The lowest BCUT2D eigenvalue weighted by Gasteiger charge is -2.45. The van der Waals surface area contributed by atoms with Crippen molar-refractivity contribution in [1.82, 2.24) is 9.29 Å². The van der Waals surface area contributed by atoms with Gasteiger partial charge >= 0.3 is 11.9 Å². The SMILES string of the molecule is CNc1cccc(CS(=O)(=O)N2CCC(Nc3cccc(-c4nc(OCC(=O)O)c(C(=O)O)o4)c3)CC2(C)C)c1. The van der Waals surface area contributed by atoms with Gasteiger partial charge in [0.15, 0.2) is 6.61 Å². The van der Waals surface area contributed by atoms with Crippen molar-refractivity contribution < 1.29 is 37.4 Å². The molecule has 2 aromatic carbocycles. The number of nitrogens with one attached hydrogen (secondary N) is 2. The zero-order chi connectivity index (χ0) is 29.1. The van der Waals surface area contributed by atoms with Gasteiger partial charge in [-0.15, -0.1) is 0 Å². The van der Waals surface area contributed by atoms with Crippen LogP contribution in [0, 0.1) is 0 Å². The Hall–Kier alpha value is -4.10. The van der Waals surface area contributed by atoms with Gasteiger partial charge in [-0.2, -0.15) is 9.29 Å². The average Bonchev–Trinajstić information content (AvgIpc) is 3.31. The largest absolute Gasteiger partial charge is 0.479 e. The Morgan fingerprint density at radius 3 is 2.55 bits per heavy atom. The quantitative estimate of drug-likeness (QED) is 0.264. The zero-order valence-electron chi connectivity index (χ0n) is 22.4. The summed E-state index contributed by atoms with van der Waals surface area (Å²) in [5, 5.41) is 24.7. The number of carbonyl (C=O) groups is 2. The fraction of sp³-hybridized carbons (Fsp3) is 0.370. The summed E-state index contributed by atoms with van der Waals surface area (Å²) < 4.78 is 38.7. The van der Waals surface area contributed by atoms with Crippen molar-refractivity contribution in [3.63, 3.8) is 0 Å². The first kappa shape index (κ1) is 28.9. The lowest BCUT2D eigenvalue weighted by molar-refractivity contribution is -0.139. The summed E-state index contributed by atoms with van der Waals surface area (Å²) in [6.45, 7) is 3.42. The molecule has 40 heavy (non-hydrogen) atoms. The van der Waals surface area contributed by atoms with E-state index in [1.165, 1.54) is 0 Å². The molecular weight excluding hydrogens is 540 g/mol. The van der Waals surface area contributed by atoms with Crippen molar-refractivity contribution in [2.75, 3.05) is 30.8 Å². The number of anilines is 2. The van der Waals surface area contributed by atoms with Crippen molar-refractivity contribution >= 4 is 33.3 Å². The van der Waals surface area contributed by atoms with Gasteiger partial charge in [0, 0.05) is 42.1 Å². The van der Waals surface area contributed by atoms with E-state index in [4.69, 9.17) is 14.3 Å². The Morgan fingerprint density at radius 2 is 1.88 bits per heavy atom. The van der Waals surface area contributed by atoms with Gasteiger partial charge in [-0.3, -0.25) is 0 Å². The molecule has 2 heterocycles. The molecule has 13 heteroatoms. The van der Waals surface area contributed by atoms with E-state index in [-0.39, 0.29) is 17.7 Å². The van der Waals surface area contributed by atoms with Crippen LogP contribution in [0.1, 0.15) is 42.8 Å². The van der Waals surface area contributed by atoms with E-state index in [0.29, 0.717) is 36.2 Å². The third-order valence-electron chi connectivity index (χ3n) is 6.61. The number of aromatic carboxylic acids is 1. The molecule has 1 atom stereocenters. The third kappa shape index (κ3) is 6.72. The Morgan fingerprint density at radius 1 is 1.15 bits per heavy atom. The first-order valence-electron chi connectivity index (χ1n) is 12.6. The second-order valence-electron chi connectivity index (χ2n) is 10.1. The molecule has 1 fully saturated rings. The van der Waals surface area contributed by atoms with Crippen LogP contribution in [-0.2, 0) is 20.6 Å². The molecule has 214 valence electrons. The molecule has 0 bridgehead atoms. The Kier molecular flexibility index (Phi) is 8.35. The molecule has 0 saturated carbocycles.